The second-order valence-electron chi connectivity index (χ2n) is 4.80. The summed E-state index contributed by atoms with van der Waals surface area (Å²) in [7, 11) is 0. The predicted molar refractivity (Wildman–Crippen MR) is 77.1 cm³/mol. The molecule has 0 fully saturated rings. The van der Waals surface area contributed by atoms with E-state index in [0.29, 0.717) is 19.5 Å². The minimum absolute atomic E-state index is 0.216. The highest BCUT2D eigenvalue weighted by Gasteiger charge is 2.16. The lowest BCUT2D eigenvalue weighted by atomic mass is 10.0. The zero-order chi connectivity index (χ0) is 14.8. The molecule has 108 valence electrons. The van der Waals surface area contributed by atoms with Gasteiger partial charge in [-0.05, 0) is 36.2 Å². The van der Waals surface area contributed by atoms with E-state index in [9.17, 15) is 9.90 Å². The highest BCUT2D eigenvalue weighted by Crippen LogP contribution is 2.24. The number of carboxylic acid groups (broad SMARTS) is 1. The van der Waals surface area contributed by atoms with Crippen LogP contribution in [0.2, 0.25) is 0 Å². The van der Waals surface area contributed by atoms with Gasteiger partial charge in [0.1, 0.15) is 18.3 Å². The van der Waals surface area contributed by atoms with E-state index in [2.05, 4.69) is 15.1 Å². The van der Waals surface area contributed by atoms with Crippen molar-refractivity contribution >= 4 is 16.9 Å². The first-order valence-electron chi connectivity index (χ1n) is 6.58. The summed E-state index contributed by atoms with van der Waals surface area (Å²) in [6.07, 6.45) is 3.65. The van der Waals surface area contributed by atoms with Crippen molar-refractivity contribution in [2.75, 3.05) is 6.54 Å². The van der Waals surface area contributed by atoms with Gasteiger partial charge in [0.05, 0.1) is 6.54 Å². The Balaban J connectivity index is 2.06. The topological polar surface area (TPSA) is 110 Å². The fourth-order valence-electron chi connectivity index (χ4n) is 2.48. The van der Waals surface area contributed by atoms with Crippen molar-refractivity contribution in [1.29, 1.82) is 0 Å². The summed E-state index contributed by atoms with van der Waals surface area (Å²) in [6.45, 7) is 0.992. The van der Waals surface area contributed by atoms with Gasteiger partial charge in [0.2, 0.25) is 0 Å². The van der Waals surface area contributed by atoms with Gasteiger partial charge in [-0.25, -0.2) is 14.5 Å². The van der Waals surface area contributed by atoms with Gasteiger partial charge in [0.25, 0.3) is 0 Å². The number of hydrogen-bond donors (Lipinski definition) is 3. The number of aromatic nitrogens is 4. The summed E-state index contributed by atoms with van der Waals surface area (Å²) in [6, 6.07) is 5.80. The number of rotatable bonds is 5. The summed E-state index contributed by atoms with van der Waals surface area (Å²) in [5.41, 5.74) is 8.40. The van der Waals surface area contributed by atoms with Gasteiger partial charge in [0, 0.05) is 10.9 Å². The maximum Gasteiger partial charge on any atom is 0.352 e. The van der Waals surface area contributed by atoms with Gasteiger partial charge in [0.15, 0.2) is 0 Å². The zero-order valence-electron chi connectivity index (χ0n) is 11.3. The molecule has 2 aromatic heterocycles. The van der Waals surface area contributed by atoms with E-state index in [0.717, 1.165) is 22.0 Å². The standard InChI is InChI=1S/C14H15N5O2/c15-4-3-10-11-5-9(6-19-8-16-7-17-19)1-2-12(11)18-13(10)14(20)21/h1-2,5,7-8,18H,3-4,6,15H2,(H,20,21). The third-order valence-electron chi connectivity index (χ3n) is 3.39. The van der Waals surface area contributed by atoms with Crippen LogP contribution in [0.4, 0.5) is 0 Å². The molecule has 0 aliphatic rings. The van der Waals surface area contributed by atoms with Crippen molar-refractivity contribution in [3.05, 3.63) is 47.7 Å². The molecule has 21 heavy (non-hydrogen) atoms. The highest BCUT2D eigenvalue weighted by molar-refractivity contribution is 5.97. The van der Waals surface area contributed by atoms with Crippen LogP contribution in [-0.4, -0.2) is 37.4 Å². The van der Waals surface area contributed by atoms with E-state index in [-0.39, 0.29) is 5.69 Å². The first-order valence-corrected chi connectivity index (χ1v) is 6.58. The van der Waals surface area contributed by atoms with E-state index < -0.39 is 5.97 Å². The number of nitrogens with one attached hydrogen (secondary N) is 1. The largest absolute Gasteiger partial charge is 0.477 e. The van der Waals surface area contributed by atoms with Crippen LogP contribution >= 0.6 is 0 Å². The van der Waals surface area contributed by atoms with Crippen molar-refractivity contribution < 1.29 is 9.90 Å². The molecule has 0 aliphatic heterocycles. The van der Waals surface area contributed by atoms with Crippen molar-refractivity contribution in [2.45, 2.75) is 13.0 Å². The normalized spacial score (nSPS) is 11.1. The van der Waals surface area contributed by atoms with Crippen LogP contribution in [0.1, 0.15) is 21.6 Å². The molecule has 1 aromatic carbocycles. The Morgan fingerprint density at radius 2 is 2.29 bits per heavy atom. The summed E-state index contributed by atoms with van der Waals surface area (Å²) < 4.78 is 1.72. The molecule has 7 nitrogen and oxygen atoms in total. The molecule has 0 spiro atoms. The predicted octanol–water partition coefficient (Wildman–Crippen LogP) is 1.01. The SMILES string of the molecule is NCCc1c(C(=O)O)[nH]c2ccc(Cn3cncn3)cc12. The molecule has 0 saturated carbocycles. The summed E-state index contributed by atoms with van der Waals surface area (Å²) >= 11 is 0. The van der Waals surface area contributed by atoms with Gasteiger partial charge in [-0.2, -0.15) is 5.10 Å². The Morgan fingerprint density at radius 1 is 1.43 bits per heavy atom. The average molecular weight is 285 g/mol. The molecule has 0 amide bonds. The van der Waals surface area contributed by atoms with Gasteiger partial charge in [-0.15, -0.1) is 0 Å². The Morgan fingerprint density at radius 3 is 2.95 bits per heavy atom. The Kier molecular flexibility index (Phi) is 3.41. The van der Waals surface area contributed by atoms with Crippen molar-refractivity contribution in [2.24, 2.45) is 5.73 Å². The van der Waals surface area contributed by atoms with Crippen molar-refractivity contribution in [3.8, 4) is 0 Å². The minimum atomic E-state index is -0.965. The van der Waals surface area contributed by atoms with E-state index in [4.69, 9.17) is 5.73 Å². The molecule has 3 aromatic rings. The van der Waals surface area contributed by atoms with Crippen LogP contribution in [0.5, 0.6) is 0 Å². The van der Waals surface area contributed by atoms with Gasteiger partial charge in [-0.1, -0.05) is 6.07 Å². The number of carbonyl (C=O) groups is 1. The Labute approximate surface area is 120 Å². The molecule has 0 unspecified atom stereocenters. The molecule has 7 heteroatoms. The number of nitrogens with two attached hydrogens (primary N) is 1. The quantitative estimate of drug-likeness (QED) is 0.648. The minimum Gasteiger partial charge on any atom is -0.477 e. The first-order chi connectivity index (χ1) is 10.2. The van der Waals surface area contributed by atoms with E-state index in [1.54, 1.807) is 11.0 Å². The van der Waals surface area contributed by atoms with Crippen molar-refractivity contribution in [1.82, 2.24) is 19.7 Å². The van der Waals surface area contributed by atoms with E-state index in [1.165, 1.54) is 6.33 Å². The molecular formula is C14H15N5O2. The fourth-order valence-corrected chi connectivity index (χ4v) is 2.48. The van der Waals surface area contributed by atoms with E-state index in [1.807, 2.05) is 18.2 Å². The zero-order valence-corrected chi connectivity index (χ0v) is 11.3. The number of aromatic carboxylic acids is 1. The lowest BCUT2D eigenvalue weighted by Crippen LogP contribution is -2.07. The van der Waals surface area contributed by atoms with Crippen LogP contribution < -0.4 is 5.73 Å². The molecule has 3 rings (SSSR count). The maximum atomic E-state index is 11.3. The lowest BCUT2D eigenvalue weighted by molar-refractivity contribution is 0.0690. The third-order valence-corrected chi connectivity index (χ3v) is 3.39. The number of H-pyrrole nitrogens is 1. The Bertz CT molecular complexity index is 776. The number of aromatic amines is 1. The van der Waals surface area contributed by atoms with Crippen LogP contribution in [0.3, 0.4) is 0 Å². The van der Waals surface area contributed by atoms with E-state index >= 15 is 0 Å². The molecular weight excluding hydrogens is 270 g/mol. The molecule has 0 saturated heterocycles. The van der Waals surface area contributed by atoms with Crippen LogP contribution in [0, 0.1) is 0 Å². The Hall–Kier alpha value is -2.67. The number of carboxylic acids is 1. The van der Waals surface area contributed by atoms with Gasteiger partial charge >= 0.3 is 5.97 Å². The second kappa shape index (κ2) is 5.37. The number of nitrogens with zero attached hydrogens (tertiary/aromatic N) is 3. The summed E-state index contributed by atoms with van der Waals surface area (Å²) in [5, 5.41) is 14.2. The van der Waals surface area contributed by atoms with Crippen LogP contribution in [0.15, 0.2) is 30.9 Å². The molecule has 0 aliphatic carbocycles. The van der Waals surface area contributed by atoms with Crippen LogP contribution in [0.25, 0.3) is 10.9 Å². The monoisotopic (exact) mass is 285 g/mol. The number of benzene rings is 1. The number of fused-ring (bicyclic) bond motifs is 1. The molecule has 0 radical (unpaired) electrons. The highest BCUT2D eigenvalue weighted by atomic mass is 16.4. The molecule has 2 heterocycles. The average Bonchev–Trinajstić information content (AvgIpc) is 3.08. The first kappa shape index (κ1) is 13.3. The lowest BCUT2D eigenvalue weighted by Gasteiger charge is -2.03. The fraction of sp³-hybridized carbons (Fsp3) is 0.214. The maximum absolute atomic E-state index is 11.3. The second-order valence-corrected chi connectivity index (χ2v) is 4.80. The number of hydrogen-bond acceptors (Lipinski definition) is 4. The summed E-state index contributed by atoms with van der Waals surface area (Å²) in [5.74, 6) is -0.965. The smallest absolute Gasteiger partial charge is 0.352 e. The van der Waals surface area contributed by atoms with Gasteiger partial charge < -0.3 is 15.8 Å². The van der Waals surface area contributed by atoms with Gasteiger partial charge in [-0.3, -0.25) is 0 Å². The third kappa shape index (κ3) is 2.50. The summed E-state index contributed by atoms with van der Waals surface area (Å²) in [4.78, 5) is 18.2. The molecule has 4 N–H and O–H groups in total. The van der Waals surface area contributed by atoms with Crippen molar-refractivity contribution in [3.63, 3.8) is 0 Å². The molecule has 0 atom stereocenters. The molecule has 0 bridgehead atoms. The van der Waals surface area contributed by atoms with Crippen LogP contribution in [-0.2, 0) is 13.0 Å².